The van der Waals surface area contributed by atoms with Gasteiger partial charge in [-0.1, -0.05) is 42.5 Å². The number of ketones is 1. The van der Waals surface area contributed by atoms with E-state index >= 15 is 0 Å². The molecule has 4 nitrogen and oxygen atoms in total. The molecule has 1 unspecified atom stereocenters. The molecule has 1 saturated heterocycles. The minimum absolute atomic E-state index is 0.00923. The van der Waals surface area contributed by atoms with Gasteiger partial charge in [-0.05, 0) is 37.5 Å². The molecule has 0 bridgehead atoms. The molecule has 24 heavy (non-hydrogen) atoms. The average molecular weight is 323 g/mol. The minimum atomic E-state index is -0.0189. The molecule has 2 aromatic rings. The van der Waals surface area contributed by atoms with E-state index in [1.54, 1.807) is 24.3 Å². The Bertz CT molecular complexity index is 727. The quantitative estimate of drug-likeness (QED) is 0.789. The largest absolute Gasteiger partial charge is 0.484 e. The van der Waals surface area contributed by atoms with Gasteiger partial charge in [0.2, 0.25) is 0 Å². The zero-order valence-electron chi connectivity index (χ0n) is 13.8. The minimum Gasteiger partial charge on any atom is -0.484 e. The summed E-state index contributed by atoms with van der Waals surface area (Å²) >= 11 is 0. The lowest BCUT2D eigenvalue weighted by Gasteiger charge is -2.25. The monoisotopic (exact) mass is 323 g/mol. The van der Waals surface area contributed by atoms with E-state index in [1.165, 1.54) is 12.5 Å². The molecule has 0 aromatic heterocycles. The van der Waals surface area contributed by atoms with Crippen molar-refractivity contribution < 1.29 is 14.3 Å². The molecule has 1 aliphatic rings. The first-order chi connectivity index (χ1) is 11.6. The van der Waals surface area contributed by atoms with E-state index in [0.717, 1.165) is 19.4 Å². The second-order valence-electron chi connectivity index (χ2n) is 6.03. The first-order valence-electron chi connectivity index (χ1n) is 8.23. The van der Waals surface area contributed by atoms with Crippen LogP contribution in [0.2, 0.25) is 0 Å². The number of nitrogens with zero attached hydrogens (tertiary/aromatic N) is 1. The predicted molar refractivity (Wildman–Crippen MR) is 92.1 cm³/mol. The molecule has 0 spiro atoms. The summed E-state index contributed by atoms with van der Waals surface area (Å²) in [6.07, 6.45) is 1.99. The maximum atomic E-state index is 12.6. The van der Waals surface area contributed by atoms with Crippen LogP contribution in [0.25, 0.3) is 0 Å². The number of carbonyl (C=O) groups is 2. The molecule has 2 aromatic carbocycles. The Morgan fingerprint density at radius 3 is 2.67 bits per heavy atom. The first-order valence-corrected chi connectivity index (χ1v) is 8.23. The van der Waals surface area contributed by atoms with Gasteiger partial charge in [-0.2, -0.15) is 0 Å². The highest BCUT2D eigenvalue weighted by Crippen LogP contribution is 2.31. The summed E-state index contributed by atoms with van der Waals surface area (Å²) in [5, 5.41) is 0. The van der Waals surface area contributed by atoms with Gasteiger partial charge in [0.25, 0.3) is 5.91 Å². The molecule has 0 aliphatic carbocycles. The van der Waals surface area contributed by atoms with Crippen LogP contribution in [0.1, 0.15) is 41.7 Å². The van der Waals surface area contributed by atoms with Gasteiger partial charge >= 0.3 is 0 Å². The molecule has 1 fully saturated rings. The summed E-state index contributed by atoms with van der Waals surface area (Å²) in [6, 6.07) is 17.2. The van der Waals surface area contributed by atoms with Crippen LogP contribution in [-0.4, -0.2) is 29.7 Å². The fraction of sp³-hybridized carbons (Fsp3) is 0.300. The Labute approximate surface area is 142 Å². The van der Waals surface area contributed by atoms with Crippen LogP contribution in [-0.2, 0) is 4.79 Å². The SMILES string of the molecule is CC(=O)c1cccc(OCC(=O)N2CCCC2c2ccccc2)c1. The van der Waals surface area contributed by atoms with Gasteiger partial charge in [-0.3, -0.25) is 9.59 Å². The summed E-state index contributed by atoms with van der Waals surface area (Å²) in [7, 11) is 0. The average Bonchev–Trinajstić information content (AvgIpc) is 3.10. The van der Waals surface area contributed by atoms with E-state index in [-0.39, 0.29) is 24.3 Å². The molecule has 1 heterocycles. The van der Waals surface area contributed by atoms with Gasteiger partial charge in [0.05, 0.1) is 6.04 Å². The van der Waals surface area contributed by atoms with Crippen LogP contribution in [0.15, 0.2) is 54.6 Å². The summed E-state index contributed by atoms with van der Waals surface area (Å²) in [5.74, 6) is 0.511. The van der Waals surface area contributed by atoms with Crippen molar-refractivity contribution in [3.8, 4) is 5.75 Å². The number of amides is 1. The van der Waals surface area contributed by atoms with Gasteiger partial charge in [0.15, 0.2) is 12.4 Å². The number of rotatable bonds is 5. The van der Waals surface area contributed by atoms with Crippen LogP contribution in [0.5, 0.6) is 5.75 Å². The first kappa shape index (κ1) is 16.2. The number of benzene rings is 2. The van der Waals surface area contributed by atoms with Crippen LogP contribution < -0.4 is 4.74 Å². The number of ether oxygens (including phenoxy) is 1. The Kier molecular flexibility index (Phi) is 4.94. The van der Waals surface area contributed by atoms with Crippen molar-refractivity contribution in [1.29, 1.82) is 0 Å². The normalized spacial score (nSPS) is 16.9. The Morgan fingerprint density at radius 1 is 1.12 bits per heavy atom. The molecule has 0 saturated carbocycles. The van der Waals surface area contributed by atoms with Gasteiger partial charge in [-0.15, -0.1) is 0 Å². The van der Waals surface area contributed by atoms with Crippen molar-refractivity contribution in [2.24, 2.45) is 0 Å². The van der Waals surface area contributed by atoms with Crippen LogP contribution in [0.4, 0.5) is 0 Å². The van der Waals surface area contributed by atoms with E-state index in [0.29, 0.717) is 11.3 Å². The van der Waals surface area contributed by atoms with Crippen molar-refractivity contribution in [2.75, 3.05) is 13.2 Å². The highest BCUT2D eigenvalue weighted by molar-refractivity contribution is 5.94. The molecule has 3 rings (SSSR count). The highest BCUT2D eigenvalue weighted by Gasteiger charge is 2.29. The second-order valence-corrected chi connectivity index (χ2v) is 6.03. The third kappa shape index (κ3) is 3.65. The van der Waals surface area contributed by atoms with Crippen LogP contribution in [0, 0.1) is 0 Å². The van der Waals surface area contributed by atoms with Crippen molar-refractivity contribution in [1.82, 2.24) is 4.90 Å². The number of hydrogen-bond acceptors (Lipinski definition) is 3. The van der Waals surface area contributed by atoms with Gasteiger partial charge in [0.1, 0.15) is 5.75 Å². The molecule has 0 N–H and O–H groups in total. The molecular weight excluding hydrogens is 302 g/mol. The van der Waals surface area contributed by atoms with Gasteiger partial charge in [0, 0.05) is 12.1 Å². The summed E-state index contributed by atoms with van der Waals surface area (Å²) in [4.78, 5) is 25.9. The third-order valence-corrected chi connectivity index (χ3v) is 4.36. The maximum Gasteiger partial charge on any atom is 0.261 e. The molecular formula is C20H21NO3. The number of carbonyl (C=O) groups excluding carboxylic acids is 2. The predicted octanol–water partition coefficient (Wildman–Crippen LogP) is 3.63. The zero-order chi connectivity index (χ0) is 16.9. The molecule has 1 amide bonds. The number of likely N-dealkylation sites (tertiary alicyclic amines) is 1. The van der Waals surface area contributed by atoms with Gasteiger partial charge in [-0.25, -0.2) is 0 Å². The Morgan fingerprint density at radius 2 is 1.92 bits per heavy atom. The van der Waals surface area contributed by atoms with Crippen molar-refractivity contribution in [2.45, 2.75) is 25.8 Å². The summed E-state index contributed by atoms with van der Waals surface area (Å²) < 4.78 is 5.61. The van der Waals surface area contributed by atoms with E-state index in [1.807, 2.05) is 23.1 Å². The fourth-order valence-corrected chi connectivity index (χ4v) is 3.12. The standard InChI is InChI=1S/C20H21NO3/c1-15(22)17-9-5-10-18(13-17)24-14-20(23)21-12-6-11-19(21)16-7-3-2-4-8-16/h2-5,7-10,13,19H,6,11-12,14H2,1H3. The highest BCUT2D eigenvalue weighted by atomic mass is 16.5. The second kappa shape index (κ2) is 7.30. The topological polar surface area (TPSA) is 46.6 Å². The van der Waals surface area contributed by atoms with E-state index in [9.17, 15) is 9.59 Å². The molecule has 1 aliphatic heterocycles. The Balaban J connectivity index is 1.64. The smallest absolute Gasteiger partial charge is 0.261 e. The molecule has 1 atom stereocenters. The van der Waals surface area contributed by atoms with Crippen molar-refractivity contribution >= 4 is 11.7 Å². The van der Waals surface area contributed by atoms with Crippen molar-refractivity contribution in [3.63, 3.8) is 0 Å². The Hall–Kier alpha value is -2.62. The number of Topliss-reactive ketones (excluding diaryl/α,β-unsaturated/α-hetero) is 1. The maximum absolute atomic E-state index is 12.6. The lowest BCUT2D eigenvalue weighted by Crippen LogP contribution is -2.34. The lowest BCUT2D eigenvalue weighted by molar-refractivity contribution is -0.134. The lowest BCUT2D eigenvalue weighted by atomic mass is 10.0. The van der Waals surface area contributed by atoms with E-state index in [4.69, 9.17) is 4.74 Å². The van der Waals surface area contributed by atoms with Crippen LogP contribution >= 0.6 is 0 Å². The van der Waals surface area contributed by atoms with Crippen molar-refractivity contribution in [3.05, 3.63) is 65.7 Å². The zero-order valence-corrected chi connectivity index (χ0v) is 13.8. The fourth-order valence-electron chi connectivity index (χ4n) is 3.12. The third-order valence-electron chi connectivity index (χ3n) is 4.36. The summed E-state index contributed by atoms with van der Waals surface area (Å²) in [6.45, 7) is 2.26. The van der Waals surface area contributed by atoms with Crippen LogP contribution in [0.3, 0.4) is 0 Å². The van der Waals surface area contributed by atoms with E-state index < -0.39 is 0 Å². The summed E-state index contributed by atoms with van der Waals surface area (Å²) in [5.41, 5.74) is 1.75. The molecule has 0 radical (unpaired) electrons. The van der Waals surface area contributed by atoms with Gasteiger partial charge < -0.3 is 9.64 Å². The number of hydrogen-bond donors (Lipinski definition) is 0. The molecule has 124 valence electrons. The molecule has 4 heteroatoms. The van der Waals surface area contributed by atoms with E-state index in [2.05, 4.69) is 12.1 Å².